The Morgan fingerprint density at radius 2 is 0.935 bits per heavy atom. The third-order valence-electron chi connectivity index (χ3n) is 8.83. The molecule has 228 valence electrons. The van der Waals surface area contributed by atoms with Crippen molar-refractivity contribution in [1.29, 1.82) is 0 Å². The molecular formula is C41H39N5. The number of nitrogens with one attached hydrogen (secondary N) is 3. The fraction of sp³-hybridized carbons (Fsp3) is 0.122. The fourth-order valence-electron chi connectivity index (χ4n) is 6.36. The van der Waals surface area contributed by atoms with Crippen LogP contribution in [0.25, 0.3) is 21.9 Å². The lowest BCUT2D eigenvalue weighted by atomic mass is 9.90. The van der Waals surface area contributed by atoms with Gasteiger partial charge in [0.25, 0.3) is 0 Å². The van der Waals surface area contributed by atoms with Gasteiger partial charge in [-0.2, -0.15) is 0 Å². The molecule has 46 heavy (non-hydrogen) atoms. The summed E-state index contributed by atoms with van der Waals surface area (Å²) in [4.78, 5) is 0. The summed E-state index contributed by atoms with van der Waals surface area (Å²) in [5, 5.41) is 13.9. The Balaban J connectivity index is 1.24. The molecule has 0 bridgehead atoms. The molecule has 1 heterocycles. The third-order valence-corrected chi connectivity index (χ3v) is 8.83. The molecule has 5 nitrogen and oxygen atoms in total. The topological polar surface area (TPSA) is 88.1 Å². The van der Waals surface area contributed by atoms with E-state index >= 15 is 0 Å². The summed E-state index contributed by atoms with van der Waals surface area (Å²) in [6, 6.07) is 52.5. The lowest BCUT2D eigenvalue weighted by Gasteiger charge is -2.40. The first-order valence-corrected chi connectivity index (χ1v) is 15.9. The minimum Gasteiger partial charge on any atom is -0.321 e. The highest BCUT2D eigenvalue weighted by Gasteiger charge is 2.31. The Kier molecular flexibility index (Phi) is 8.83. The number of hydrogen-bond donors (Lipinski definition) is 5. The number of nitrogens with two attached hydrogens (primary N) is 2. The van der Waals surface area contributed by atoms with Crippen molar-refractivity contribution in [2.24, 2.45) is 11.5 Å². The van der Waals surface area contributed by atoms with Crippen molar-refractivity contribution in [3.63, 3.8) is 0 Å². The van der Waals surface area contributed by atoms with Gasteiger partial charge in [0.1, 0.15) is 0 Å². The molecule has 6 aromatic carbocycles. The first kappa shape index (κ1) is 29.8. The number of fused-ring (bicyclic) bond motifs is 1. The van der Waals surface area contributed by atoms with Gasteiger partial charge < -0.3 is 11.5 Å². The molecule has 5 heteroatoms. The van der Waals surface area contributed by atoms with Crippen LogP contribution >= 0.6 is 0 Å². The second kappa shape index (κ2) is 13.6. The summed E-state index contributed by atoms with van der Waals surface area (Å²) in [6.07, 6.45) is 3.75. The van der Waals surface area contributed by atoms with Crippen molar-refractivity contribution in [2.45, 2.75) is 30.6 Å². The Hall–Kier alpha value is -4.88. The van der Waals surface area contributed by atoms with Gasteiger partial charge in [0.05, 0.1) is 18.5 Å². The molecule has 0 amide bonds. The van der Waals surface area contributed by atoms with Gasteiger partial charge in [-0.25, -0.2) is 0 Å². The standard InChI is InChI=1S/C41H39N5/c42-36(29-13-4-1-5-14-29)26-27-37(43)30-20-22-31(23-21-30)38-34-19-11-10-12-28(34)24-25-35(38)41-45-39(32-15-6-2-7-16-32)44-40(46-41)33-17-8-3-9-18-33/h1-27,36-37,39-41,44-46H,42-43H2/b27-26-. The minimum atomic E-state index is -0.262. The van der Waals surface area contributed by atoms with Crippen molar-refractivity contribution in [3.05, 3.63) is 192 Å². The molecule has 1 aliphatic heterocycles. The van der Waals surface area contributed by atoms with Gasteiger partial charge in [-0.05, 0) is 49.7 Å². The fourth-order valence-corrected chi connectivity index (χ4v) is 6.36. The molecule has 7 rings (SSSR count). The molecule has 0 aliphatic carbocycles. The second-order valence-corrected chi connectivity index (χ2v) is 11.8. The van der Waals surface area contributed by atoms with Crippen LogP contribution in [0.5, 0.6) is 0 Å². The maximum Gasteiger partial charge on any atom is 0.0870 e. The van der Waals surface area contributed by atoms with Crippen LogP contribution in [0, 0.1) is 0 Å². The summed E-state index contributed by atoms with van der Waals surface area (Å²) in [7, 11) is 0. The van der Waals surface area contributed by atoms with Crippen LogP contribution in [0.1, 0.15) is 58.4 Å². The number of hydrogen-bond acceptors (Lipinski definition) is 5. The summed E-state index contributed by atoms with van der Waals surface area (Å²) < 4.78 is 0. The summed E-state index contributed by atoms with van der Waals surface area (Å²) in [6.45, 7) is 0. The molecule has 0 spiro atoms. The average Bonchev–Trinajstić information content (AvgIpc) is 3.14. The van der Waals surface area contributed by atoms with Gasteiger partial charge in [-0.3, -0.25) is 16.0 Å². The van der Waals surface area contributed by atoms with Crippen molar-refractivity contribution < 1.29 is 0 Å². The van der Waals surface area contributed by atoms with Crippen molar-refractivity contribution in [3.8, 4) is 11.1 Å². The largest absolute Gasteiger partial charge is 0.321 e. The molecule has 1 aliphatic rings. The first-order valence-electron chi connectivity index (χ1n) is 15.9. The lowest BCUT2D eigenvalue weighted by molar-refractivity contribution is 0.203. The van der Waals surface area contributed by atoms with Crippen LogP contribution in [0.4, 0.5) is 0 Å². The zero-order valence-corrected chi connectivity index (χ0v) is 25.6. The average molecular weight is 602 g/mol. The molecule has 1 fully saturated rings. The van der Waals surface area contributed by atoms with Crippen molar-refractivity contribution in [1.82, 2.24) is 16.0 Å². The van der Waals surface area contributed by atoms with Gasteiger partial charge in [0.15, 0.2) is 0 Å². The Morgan fingerprint density at radius 3 is 1.52 bits per heavy atom. The van der Waals surface area contributed by atoms with Crippen molar-refractivity contribution >= 4 is 10.8 Å². The monoisotopic (exact) mass is 601 g/mol. The zero-order chi connectivity index (χ0) is 31.3. The molecular weight excluding hydrogens is 562 g/mol. The van der Waals surface area contributed by atoms with E-state index in [9.17, 15) is 0 Å². The van der Waals surface area contributed by atoms with Crippen LogP contribution in [0.2, 0.25) is 0 Å². The van der Waals surface area contributed by atoms with E-state index in [0.717, 1.165) is 16.7 Å². The molecule has 6 aromatic rings. The van der Waals surface area contributed by atoms with E-state index in [0.29, 0.717) is 0 Å². The molecule has 4 unspecified atom stereocenters. The smallest absolute Gasteiger partial charge is 0.0870 e. The van der Waals surface area contributed by atoms with E-state index in [1.807, 2.05) is 42.5 Å². The Bertz CT molecular complexity index is 1860. The highest BCUT2D eigenvalue weighted by Crippen LogP contribution is 2.38. The normalized spacial score (nSPS) is 19.7. The Labute approximate surface area is 271 Å². The third kappa shape index (κ3) is 6.42. The summed E-state index contributed by atoms with van der Waals surface area (Å²) in [5.41, 5.74) is 21.0. The highest BCUT2D eigenvalue weighted by molar-refractivity contribution is 5.98. The maximum atomic E-state index is 6.62. The first-order chi connectivity index (χ1) is 22.6. The number of benzene rings is 6. The quantitative estimate of drug-likeness (QED) is 0.114. The lowest BCUT2D eigenvalue weighted by Crippen LogP contribution is -2.54. The minimum absolute atomic E-state index is 0.0496. The summed E-state index contributed by atoms with van der Waals surface area (Å²) in [5.74, 6) is 0. The maximum absolute atomic E-state index is 6.62. The number of rotatable bonds is 8. The molecule has 4 atom stereocenters. The SMILES string of the molecule is NC(/C=C\C(N)c1ccc(-c2c(C3NC(c4ccccc4)NC(c4ccccc4)N3)ccc3ccccc23)cc1)c1ccccc1. The van der Waals surface area contributed by atoms with Gasteiger partial charge in [0.2, 0.25) is 0 Å². The predicted octanol–water partition coefficient (Wildman–Crippen LogP) is 7.94. The second-order valence-electron chi connectivity index (χ2n) is 11.8. The van der Waals surface area contributed by atoms with Crippen LogP contribution in [-0.4, -0.2) is 0 Å². The van der Waals surface area contributed by atoms with E-state index in [4.69, 9.17) is 11.5 Å². The van der Waals surface area contributed by atoms with E-state index in [2.05, 4.69) is 137 Å². The molecule has 0 saturated carbocycles. The molecule has 7 N–H and O–H groups in total. The van der Waals surface area contributed by atoms with E-state index in [-0.39, 0.29) is 30.6 Å². The van der Waals surface area contributed by atoms with Crippen LogP contribution < -0.4 is 27.4 Å². The van der Waals surface area contributed by atoms with Gasteiger partial charge >= 0.3 is 0 Å². The van der Waals surface area contributed by atoms with Crippen LogP contribution in [-0.2, 0) is 0 Å². The Morgan fingerprint density at radius 1 is 0.457 bits per heavy atom. The van der Waals surface area contributed by atoms with Gasteiger partial charge in [0, 0.05) is 12.1 Å². The van der Waals surface area contributed by atoms with E-state index in [1.54, 1.807) is 0 Å². The van der Waals surface area contributed by atoms with E-state index in [1.165, 1.54) is 33.0 Å². The van der Waals surface area contributed by atoms with Gasteiger partial charge in [-0.15, -0.1) is 0 Å². The zero-order valence-electron chi connectivity index (χ0n) is 25.6. The van der Waals surface area contributed by atoms with E-state index < -0.39 is 0 Å². The highest BCUT2D eigenvalue weighted by atomic mass is 15.4. The predicted molar refractivity (Wildman–Crippen MR) is 189 cm³/mol. The molecule has 1 saturated heterocycles. The van der Waals surface area contributed by atoms with Crippen LogP contribution in [0.15, 0.2) is 164 Å². The van der Waals surface area contributed by atoms with Gasteiger partial charge in [-0.1, -0.05) is 164 Å². The molecule has 0 radical (unpaired) electrons. The van der Waals surface area contributed by atoms with Crippen LogP contribution in [0.3, 0.4) is 0 Å². The summed E-state index contributed by atoms with van der Waals surface area (Å²) >= 11 is 0. The molecule has 0 aromatic heterocycles. The van der Waals surface area contributed by atoms with Crippen molar-refractivity contribution in [2.75, 3.05) is 0 Å².